The van der Waals surface area contributed by atoms with Crippen LogP contribution < -0.4 is 5.32 Å². The topological polar surface area (TPSA) is 72.5 Å². The average molecular weight is 271 g/mol. The molecule has 1 rings (SSSR count). The van der Waals surface area contributed by atoms with E-state index in [0.717, 1.165) is 6.26 Å². The van der Waals surface area contributed by atoms with E-state index < -0.39 is 21.5 Å². The fourth-order valence-corrected chi connectivity index (χ4v) is 2.15. The molecule has 1 N–H and O–H groups in total. The fraction of sp³-hybridized carbons (Fsp3) is 0.417. The van der Waals surface area contributed by atoms with E-state index >= 15 is 0 Å². The van der Waals surface area contributed by atoms with Gasteiger partial charge in [-0.25, -0.2) is 13.2 Å². The van der Waals surface area contributed by atoms with Gasteiger partial charge in [0.25, 0.3) is 0 Å². The number of anilines is 1. The van der Waals surface area contributed by atoms with Gasteiger partial charge in [0.1, 0.15) is 5.60 Å². The Morgan fingerprint density at radius 3 is 2.28 bits per heavy atom. The Bertz CT molecular complexity index is 543. The number of carbonyl (C=O) groups is 1. The Balaban J connectivity index is 2.96. The average Bonchev–Trinajstić information content (AvgIpc) is 2.13. The zero-order valence-corrected chi connectivity index (χ0v) is 11.7. The van der Waals surface area contributed by atoms with Crippen molar-refractivity contribution < 1.29 is 17.9 Å². The Morgan fingerprint density at radius 1 is 1.22 bits per heavy atom. The summed E-state index contributed by atoms with van der Waals surface area (Å²) in [5.74, 6) is 0. The number of sulfone groups is 1. The lowest BCUT2D eigenvalue weighted by molar-refractivity contribution is 0.0635. The van der Waals surface area contributed by atoms with Crippen LogP contribution in [0.2, 0.25) is 0 Å². The summed E-state index contributed by atoms with van der Waals surface area (Å²) in [5, 5.41) is 2.43. The van der Waals surface area contributed by atoms with Crippen molar-refractivity contribution in [2.75, 3.05) is 11.6 Å². The smallest absolute Gasteiger partial charge is 0.412 e. The number of nitrogens with one attached hydrogen (secondary N) is 1. The van der Waals surface area contributed by atoms with E-state index in [1.54, 1.807) is 32.9 Å². The molecule has 6 heteroatoms. The maximum atomic E-state index is 11.6. The van der Waals surface area contributed by atoms with E-state index in [1.165, 1.54) is 12.1 Å². The molecule has 0 aliphatic rings. The molecule has 0 heterocycles. The summed E-state index contributed by atoms with van der Waals surface area (Å²) in [4.78, 5) is 11.6. The molecule has 0 aliphatic carbocycles. The molecule has 0 unspecified atom stereocenters. The van der Waals surface area contributed by atoms with Crippen molar-refractivity contribution in [2.45, 2.75) is 31.3 Å². The molecule has 0 bridgehead atoms. The van der Waals surface area contributed by atoms with Crippen LogP contribution in [0.3, 0.4) is 0 Å². The van der Waals surface area contributed by atoms with Crippen molar-refractivity contribution in [3.63, 3.8) is 0 Å². The number of amides is 1. The summed E-state index contributed by atoms with van der Waals surface area (Å²) >= 11 is 0. The molecule has 1 aromatic carbocycles. The first-order valence-corrected chi connectivity index (χ1v) is 7.28. The molecule has 0 spiro atoms. The second kappa shape index (κ2) is 4.97. The van der Waals surface area contributed by atoms with Crippen LogP contribution in [-0.4, -0.2) is 26.4 Å². The van der Waals surface area contributed by atoms with Crippen LogP contribution in [0.25, 0.3) is 0 Å². The van der Waals surface area contributed by atoms with E-state index in [-0.39, 0.29) is 10.6 Å². The zero-order chi connectivity index (χ0) is 14.0. The second-order valence-electron chi connectivity index (χ2n) is 4.90. The third-order valence-corrected chi connectivity index (χ3v) is 3.08. The van der Waals surface area contributed by atoms with Gasteiger partial charge in [-0.2, -0.15) is 0 Å². The molecular weight excluding hydrogens is 254 g/mol. The Kier molecular flexibility index (Phi) is 4.01. The van der Waals surface area contributed by atoms with Crippen LogP contribution in [0, 0.1) is 0 Å². The monoisotopic (exact) mass is 271 g/mol. The minimum atomic E-state index is -3.39. The second-order valence-corrected chi connectivity index (χ2v) is 6.88. The molecule has 0 fully saturated rings. The molecule has 18 heavy (non-hydrogen) atoms. The van der Waals surface area contributed by atoms with Crippen LogP contribution in [0.5, 0.6) is 0 Å². The summed E-state index contributed by atoms with van der Waals surface area (Å²) in [7, 11) is -3.39. The third kappa shape index (κ3) is 4.37. The van der Waals surface area contributed by atoms with Gasteiger partial charge < -0.3 is 4.74 Å². The number of hydrogen-bond donors (Lipinski definition) is 1. The van der Waals surface area contributed by atoms with Gasteiger partial charge in [-0.1, -0.05) is 12.1 Å². The lowest BCUT2D eigenvalue weighted by Crippen LogP contribution is -2.27. The number of ether oxygens (including phenoxy) is 1. The van der Waals surface area contributed by atoms with Gasteiger partial charge in [0, 0.05) is 6.26 Å². The molecule has 0 atom stereocenters. The SMILES string of the molecule is CC(C)(C)OC(=O)Nc1ccccc1S(C)(=O)=O. The summed E-state index contributed by atoms with van der Waals surface area (Å²) in [6.45, 7) is 5.19. The van der Waals surface area contributed by atoms with Gasteiger partial charge in [-0.15, -0.1) is 0 Å². The van der Waals surface area contributed by atoms with E-state index in [2.05, 4.69) is 5.32 Å². The minimum absolute atomic E-state index is 0.0656. The van der Waals surface area contributed by atoms with E-state index in [4.69, 9.17) is 4.74 Å². The maximum absolute atomic E-state index is 11.6. The first-order valence-electron chi connectivity index (χ1n) is 5.39. The molecule has 0 saturated heterocycles. The van der Waals surface area contributed by atoms with Crippen molar-refractivity contribution in [1.82, 2.24) is 0 Å². The Labute approximate surface area is 107 Å². The molecule has 1 amide bonds. The van der Waals surface area contributed by atoms with Crippen molar-refractivity contribution in [1.29, 1.82) is 0 Å². The zero-order valence-electron chi connectivity index (χ0n) is 10.9. The summed E-state index contributed by atoms with van der Waals surface area (Å²) in [6.07, 6.45) is 0.404. The standard InChI is InChI=1S/C12H17NO4S/c1-12(2,3)17-11(14)13-9-7-5-6-8-10(9)18(4,15)16/h5-8H,1-4H3,(H,13,14). The molecule has 0 aromatic heterocycles. The van der Waals surface area contributed by atoms with Crippen molar-refractivity contribution in [3.8, 4) is 0 Å². The fourth-order valence-electron chi connectivity index (χ4n) is 1.31. The number of benzene rings is 1. The summed E-state index contributed by atoms with van der Waals surface area (Å²) < 4.78 is 28.1. The van der Waals surface area contributed by atoms with Gasteiger partial charge in [-0.3, -0.25) is 5.32 Å². The predicted molar refractivity (Wildman–Crippen MR) is 69.4 cm³/mol. The van der Waals surface area contributed by atoms with Gasteiger partial charge in [0.05, 0.1) is 10.6 Å². The number of rotatable bonds is 2. The molecule has 0 radical (unpaired) electrons. The molecule has 0 saturated carbocycles. The quantitative estimate of drug-likeness (QED) is 0.896. The van der Waals surface area contributed by atoms with Gasteiger partial charge in [-0.05, 0) is 32.9 Å². The van der Waals surface area contributed by atoms with E-state index in [9.17, 15) is 13.2 Å². The first kappa shape index (κ1) is 14.5. The number of carbonyl (C=O) groups excluding carboxylic acids is 1. The Morgan fingerprint density at radius 2 is 1.78 bits per heavy atom. The van der Waals surface area contributed by atoms with Crippen molar-refractivity contribution in [3.05, 3.63) is 24.3 Å². The highest BCUT2D eigenvalue weighted by Crippen LogP contribution is 2.21. The molecule has 0 aliphatic heterocycles. The maximum Gasteiger partial charge on any atom is 0.412 e. The van der Waals surface area contributed by atoms with Crippen LogP contribution in [-0.2, 0) is 14.6 Å². The highest BCUT2D eigenvalue weighted by Gasteiger charge is 2.19. The van der Waals surface area contributed by atoms with Crippen molar-refractivity contribution in [2.24, 2.45) is 0 Å². The van der Waals surface area contributed by atoms with Crippen LogP contribution in [0.15, 0.2) is 29.2 Å². The largest absolute Gasteiger partial charge is 0.444 e. The van der Waals surface area contributed by atoms with Gasteiger partial charge in [0.2, 0.25) is 0 Å². The highest BCUT2D eigenvalue weighted by molar-refractivity contribution is 7.90. The van der Waals surface area contributed by atoms with Crippen molar-refractivity contribution >= 4 is 21.6 Å². The predicted octanol–water partition coefficient (Wildman–Crippen LogP) is 2.44. The van der Waals surface area contributed by atoms with Gasteiger partial charge >= 0.3 is 6.09 Å². The minimum Gasteiger partial charge on any atom is -0.444 e. The normalized spacial score (nSPS) is 12.0. The third-order valence-electron chi connectivity index (χ3n) is 1.92. The first-order chi connectivity index (χ1) is 8.09. The van der Waals surface area contributed by atoms with Gasteiger partial charge in [0.15, 0.2) is 9.84 Å². The van der Waals surface area contributed by atoms with Crippen LogP contribution >= 0.6 is 0 Å². The molecule has 100 valence electrons. The molecule has 1 aromatic rings. The highest BCUT2D eigenvalue weighted by atomic mass is 32.2. The lowest BCUT2D eigenvalue weighted by atomic mass is 10.2. The number of para-hydroxylation sites is 1. The van der Waals surface area contributed by atoms with Crippen LogP contribution in [0.1, 0.15) is 20.8 Å². The Hall–Kier alpha value is -1.56. The lowest BCUT2D eigenvalue weighted by Gasteiger charge is -2.20. The molecular formula is C12H17NO4S. The molecule has 5 nitrogen and oxygen atoms in total. The van der Waals surface area contributed by atoms with Crippen LogP contribution in [0.4, 0.5) is 10.5 Å². The summed E-state index contributed by atoms with van der Waals surface area (Å²) in [6, 6.07) is 6.18. The van der Waals surface area contributed by atoms with E-state index in [1.807, 2.05) is 0 Å². The van der Waals surface area contributed by atoms with E-state index in [0.29, 0.717) is 0 Å². The number of hydrogen-bond acceptors (Lipinski definition) is 4. The summed E-state index contributed by atoms with van der Waals surface area (Å²) in [5.41, 5.74) is -0.418.